The molecule has 1 heterocycles. The van der Waals surface area contributed by atoms with E-state index in [9.17, 15) is 23.5 Å². The summed E-state index contributed by atoms with van der Waals surface area (Å²) in [5.41, 5.74) is 2.23. The third-order valence-corrected chi connectivity index (χ3v) is 4.17. The second-order valence-corrected chi connectivity index (χ2v) is 5.62. The highest BCUT2D eigenvalue weighted by molar-refractivity contribution is 6.07. The maximum atomic E-state index is 13.9. The molecular weight excluding hydrogens is 308 g/mol. The number of carbonyl (C=O) groups is 2. The number of halogens is 2. The molecule has 23 heavy (non-hydrogen) atoms. The summed E-state index contributed by atoms with van der Waals surface area (Å²) in [7, 11) is 0. The van der Waals surface area contributed by atoms with Gasteiger partial charge in [-0.05, 0) is 25.3 Å². The standard InChI is InChI=1S/C15H15F2N3O3/c16-15(17,14(23)6-3-7-14)13(22)20-19-12(21)10-8-18-11-5-2-1-4-9(10)11/h1-2,4-5,8,18,23H,3,6-7H2,(H,19,21)(H,20,22). The Kier molecular flexibility index (Phi) is 3.56. The van der Waals surface area contributed by atoms with Gasteiger partial charge in [-0.25, -0.2) is 0 Å². The minimum atomic E-state index is -3.96. The van der Waals surface area contributed by atoms with Crippen molar-refractivity contribution in [2.75, 3.05) is 0 Å². The van der Waals surface area contributed by atoms with E-state index in [0.29, 0.717) is 17.3 Å². The molecule has 1 aliphatic rings. The number of rotatable bonds is 3. The third-order valence-electron chi connectivity index (χ3n) is 4.17. The topological polar surface area (TPSA) is 94.2 Å². The molecule has 0 aliphatic heterocycles. The van der Waals surface area contributed by atoms with Gasteiger partial charge >= 0.3 is 11.8 Å². The number of aliphatic hydroxyl groups is 1. The summed E-state index contributed by atoms with van der Waals surface area (Å²) in [6.07, 6.45) is 1.55. The van der Waals surface area contributed by atoms with Crippen molar-refractivity contribution in [1.29, 1.82) is 0 Å². The normalized spacial score (nSPS) is 16.7. The molecule has 1 saturated carbocycles. The van der Waals surface area contributed by atoms with Crippen LogP contribution in [-0.4, -0.2) is 33.4 Å². The number of hydrazine groups is 1. The Balaban J connectivity index is 1.68. The summed E-state index contributed by atoms with van der Waals surface area (Å²) in [4.78, 5) is 26.5. The molecule has 0 saturated heterocycles. The number of H-pyrrole nitrogens is 1. The molecule has 0 atom stereocenters. The maximum absolute atomic E-state index is 13.9. The van der Waals surface area contributed by atoms with Crippen molar-refractivity contribution in [2.45, 2.75) is 30.8 Å². The zero-order valence-electron chi connectivity index (χ0n) is 12.0. The molecule has 2 amide bonds. The van der Waals surface area contributed by atoms with Gasteiger partial charge in [-0.15, -0.1) is 0 Å². The fourth-order valence-electron chi connectivity index (χ4n) is 2.56. The van der Waals surface area contributed by atoms with Crippen LogP contribution in [0, 0.1) is 0 Å². The van der Waals surface area contributed by atoms with Gasteiger partial charge in [0.1, 0.15) is 5.60 Å². The lowest BCUT2D eigenvalue weighted by atomic mass is 9.75. The molecule has 1 aromatic heterocycles. The highest BCUT2D eigenvalue weighted by Gasteiger charge is 2.61. The number of fused-ring (bicyclic) bond motifs is 1. The summed E-state index contributed by atoms with van der Waals surface area (Å²) in [5.74, 6) is -6.42. The van der Waals surface area contributed by atoms with Gasteiger partial charge in [-0.1, -0.05) is 18.2 Å². The molecule has 0 radical (unpaired) electrons. The van der Waals surface area contributed by atoms with Crippen molar-refractivity contribution in [3.63, 3.8) is 0 Å². The smallest absolute Gasteiger partial charge is 0.354 e. The summed E-state index contributed by atoms with van der Waals surface area (Å²) >= 11 is 0. The molecule has 122 valence electrons. The van der Waals surface area contributed by atoms with Crippen molar-refractivity contribution in [1.82, 2.24) is 15.8 Å². The van der Waals surface area contributed by atoms with E-state index >= 15 is 0 Å². The monoisotopic (exact) mass is 323 g/mol. The van der Waals surface area contributed by atoms with Gasteiger partial charge in [0.15, 0.2) is 0 Å². The van der Waals surface area contributed by atoms with E-state index in [-0.39, 0.29) is 18.4 Å². The Bertz CT molecular complexity index is 768. The number of hydrogen-bond donors (Lipinski definition) is 4. The van der Waals surface area contributed by atoms with Crippen LogP contribution in [0.5, 0.6) is 0 Å². The SMILES string of the molecule is O=C(NNC(=O)C(F)(F)C1(O)CCC1)c1c[nH]c2ccccc12. The van der Waals surface area contributed by atoms with Crippen LogP contribution in [0.15, 0.2) is 30.5 Å². The fraction of sp³-hybridized carbons (Fsp3) is 0.333. The first kappa shape index (κ1) is 15.4. The number of benzene rings is 1. The largest absolute Gasteiger partial charge is 0.383 e. The van der Waals surface area contributed by atoms with Crippen LogP contribution in [0.2, 0.25) is 0 Å². The van der Waals surface area contributed by atoms with Crippen LogP contribution in [0.25, 0.3) is 10.9 Å². The van der Waals surface area contributed by atoms with Gasteiger partial charge in [0.25, 0.3) is 5.91 Å². The lowest BCUT2D eigenvalue weighted by Gasteiger charge is -2.41. The number of para-hydroxylation sites is 1. The average Bonchev–Trinajstić information content (AvgIpc) is 2.93. The summed E-state index contributed by atoms with van der Waals surface area (Å²) < 4.78 is 27.7. The molecule has 1 fully saturated rings. The Labute approximate surface area is 129 Å². The van der Waals surface area contributed by atoms with Crippen LogP contribution in [0.1, 0.15) is 29.6 Å². The van der Waals surface area contributed by atoms with Crippen molar-refractivity contribution in [3.8, 4) is 0 Å². The van der Waals surface area contributed by atoms with Crippen molar-refractivity contribution in [3.05, 3.63) is 36.0 Å². The molecule has 0 unspecified atom stereocenters. The van der Waals surface area contributed by atoms with Gasteiger partial charge < -0.3 is 10.1 Å². The Morgan fingerprint density at radius 3 is 2.57 bits per heavy atom. The van der Waals surface area contributed by atoms with Gasteiger partial charge in [-0.2, -0.15) is 8.78 Å². The first-order valence-corrected chi connectivity index (χ1v) is 7.12. The summed E-state index contributed by atoms with van der Waals surface area (Å²) in [6.45, 7) is 0. The summed E-state index contributed by atoms with van der Waals surface area (Å²) in [5, 5.41) is 10.3. The van der Waals surface area contributed by atoms with Crippen LogP contribution in [-0.2, 0) is 4.79 Å². The van der Waals surface area contributed by atoms with E-state index in [1.807, 2.05) is 5.43 Å². The minimum Gasteiger partial charge on any atom is -0.383 e. The number of nitrogens with one attached hydrogen (secondary N) is 3. The number of amides is 2. The number of aromatic amines is 1. The van der Waals surface area contributed by atoms with Gasteiger partial charge in [-0.3, -0.25) is 20.4 Å². The summed E-state index contributed by atoms with van der Waals surface area (Å²) in [6, 6.07) is 6.95. The van der Waals surface area contributed by atoms with E-state index in [1.54, 1.807) is 29.7 Å². The van der Waals surface area contributed by atoms with Crippen molar-refractivity contribution in [2.24, 2.45) is 0 Å². The second kappa shape index (κ2) is 5.31. The molecular formula is C15H15F2N3O3. The zero-order chi connectivity index (χ0) is 16.7. The lowest BCUT2D eigenvalue weighted by Crippen LogP contribution is -2.62. The van der Waals surface area contributed by atoms with Gasteiger partial charge in [0, 0.05) is 17.1 Å². The maximum Gasteiger partial charge on any atom is 0.354 e. The predicted octanol–water partition coefficient (Wildman–Crippen LogP) is 1.48. The number of carbonyl (C=O) groups excluding carboxylic acids is 2. The quantitative estimate of drug-likeness (QED) is 0.645. The Morgan fingerprint density at radius 1 is 1.22 bits per heavy atom. The van der Waals surface area contributed by atoms with Crippen LogP contribution in [0.4, 0.5) is 8.78 Å². The highest BCUT2D eigenvalue weighted by atomic mass is 19.3. The number of aromatic nitrogens is 1. The predicted molar refractivity (Wildman–Crippen MR) is 77.7 cm³/mol. The molecule has 0 bridgehead atoms. The first-order valence-electron chi connectivity index (χ1n) is 7.12. The highest BCUT2D eigenvalue weighted by Crippen LogP contribution is 2.44. The van der Waals surface area contributed by atoms with Crippen LogP contribution >= 0.6 is 0 Å². The molecule has 1 aromatic carbocycles. The van der Waals surface area contributed by atoms with Crippen LogP contribution in [0.3, 0.4) is 0 Å². The molecule has 2 aromatic rings. The number of hydrogen-bond acceptors (Lipinski definition) is 3. The Morgan fingerprint density at radius 2 is 1.91 bits per heavy atom. The van der Waals surface area contributed by atoms with E-state index in [4.69, 9.17) is 0 Å². The molecule has 1 aliphatic carbocycles. The van der Waals surface area contributed by atoms with Gasteiger partial charge in [0.2, 0.25) is 0 Å². The van der Waals surface area contributed by atoms with Crippen molar-refractivity contribution < 1.29 is 23.5 Å². The average molecular weight is 323 g/mol. The zero-order valence-corrected chi connectivity index (χ0v) is 12.0. The Hall–Kier alpha value is -2.48. The molecule has 4 N–H and O–H groups in total. The van der Waals surface area contributed by atoms with E-state index in [0.717, 1.165) is 0 Å². The van der Waals surface area contributed by atoms with E-state index < -0.39 is 23.3 Å². The van der Waals surface area contributed by atoms with Crippen molar-refractivity contribution >= 4 is 22.7 Å². The fourth-order valence-corrected chi connectivity index (χ4v) is 2.56. The van der Waals surface area contributed by atoms with E-state index in [1.165, 1.54) is 6.20 Å². The van der Waals surface area contributed by atoms with E-state index in [2.05, 4.69) is 4.98 Å². The first-order chi connectivity index (χ1) is 10.8. The van der Waals surface area contributed by atoms with Crippen LogP contribution < -0.4 is 10.9 Å². The number of alkyl halides is 2. The molecule has 8 heteroatoms. The molecule has 6 nitrogen and oxygen atoms in total. The van der Waals surface area contributed by atoms with Gasteiger partial charge in [0.05, 0.1) is 5.56 Å². The molecule has 0 spiro atoms. The third kappa shape index (κ3) is 2.44. The molecule has 3 rings (SSSR count). The lowest BCUT2D eigenvalue weighted by molar-refractivity contribution is -0.216. The minimum absolute atomic E-state index is 0.149. The second-order valence-electron chi connectivity index (χ2n) is 5.62.